The second-order valence-electron chi connectivity index (χ2n) is 8.48. The van der Waals surface area contributed by atoms with Crippen LogP contribution in [0.4, 0.5) is 0 Å². The summed E-state index contributed by atoms with van der Waals surface area (Å²) >= 11 is 0. The van der Waals surface area contributed by atoms with Crippen molar-refractivity contribution in [1.82, 2.24) is 10.6 Å². The SMILES string of the molecule is Cc1ccc(/C(=C\c2ccc(C(=O)NCc3ccc(C(=O)O)cc3)cc2)C(=O)NC2CC2)cc1. The fourth-order valence-corrected chi connectivity index (χ4v) is 3.45. The van der Waals surface area contributed by atoms with Gasteiger partial charge in [0.1, 0.15) is 0 Å². The lowest BCUT2D eigenvalue weighted by atomic mass is 10.00. The average Bonchev–Trinajstić information content (AvgIpc) is 3.66. The second-order valence-corrected chi connectivity index (χ2v) is 8.48. The van der Waals surface area contributed by atoms with Crippen LogP contribution in [0.3, 0.4) is 0 Å². The minimum absolute atomic E-state index is 0.0953. The topological polar surface area (TPSA) is 95.5 Å². The van der Waals surface area contributed by atoms with Gasteiger partial charge < -0.3 is 15.7 Å². The van der Waals surface area contributed by atoms with E-state index in [9.17, 15) is 14.4 Å². The van der Waals surface area contributed by atoms with E-state index in [0.29, 0.717) is 17.7 Å². The molecule has 0 aromatic heterocycles. The first-order valence-corrected chi connectivity index (χ1v) is 11.2. The molecule has 1 aliphatic rings. The maximum Gasteiger partial charge on any atom is 0.335 e. The van der Waals surface area contributed by atoms with Crippen LogP contribution < -0.4 is 10.6 Å². The number of amides is 2. The van der Waals surface area contributed by atoms with E-state index >= 15 is 0 Å². The van der Waals surface area contributed by atoms with Crippen molar-refractivity contribution < 1.29 is 19.5 Å². The molecule has 0 unspecified atom stereocenters. The summed E-state index contributed by atoms with van der Waals surface area (Å²) in [5.41, 5.74) is 4.89. The zero-order valence-electron chi connectivity index (χ0n) is 18.9. The summed E-state index contributed by atoms with van der Waals surface area (Å²) in [6, 6.07) is 21.6. The number of hydrogen-bond donors (Lipinski definition) is 3. The maximum absolute atomic E-state index is 12.9. The third-order valence-electron chi connectivity index (χ3n) is 5.66. The molecule has 0 atom stereocenters. The highest BCUT2D eigenvalue weighted by Gasteiger charge is 2.25. The van der Waals surface area contributed by atoms with Crippen LogP contribution in [0.2, 0.25) is 0 Å². The molecule has 0 aliphatic heterocycles. The van der Waals surface area contributed by atoms with E-state index in [-0.39, 0.29) is 23.4 Å². The summed E-state index contributed by atoms with van der Waals surface area (Å²) in [5.74, 6) is -1.31. The molecule has 2 amide bonds. The number of nitrogens with one attached hydrogen (secondary N) is 2. The van der Waals surface area contributed by atoms with Crippen molar-refractivity contribution in [1.29, 1.82) is 0 Å². The molecule has 0 radical (unpaired) electrons. The van der Waals surface area contributed by atoms with Crippen molar-refractivity contribution >= 4 is 29.4 Å². The Labute approximate surface area is 198 Å². The number of benzene rings is 3. The lowest BCUT2D eigenvalue weighted by Gasteiger charge is -2.10. The van der Waals surface area contributed by atoms with Crippen LogP contribution in [0.5, 0.6) is 0 Å². The molecule has 0 saturated heterocycles. The number of aromatic carboxylic acids is 1. The Kier molecular flexibility index (Phi) is 6.87. The minimum Gasteiger partial charge on any atom is -0.478 e. The summed E-state index contributed by atoms with van der Waals surface area (Å²) in [7, 11) is 0. The molecule has 34 heavy (non-hydrogen) atoms. The van der Waals surface area contributed by atoms with Gasteiger partial charge in [0.05, 0.1) is 5.56 Å². The van der Waals surface area contributed by atoms with Gasteiger partial charge >= 0.3 is 5.97 Å². The largest absolute Gasteiger partial charge is 0.478 e. The average molecular weight is 455 g/mol. The number of carbonyl (C=O) groups is 3. The summed E-state index contributed by atoms with van der Waals surface area (Å²) in [4.78, 5) is 36.3. The van der Waals surface area contributed by atoms with Crippen LogP contribution in [-0.4, -0.2) is 28.9 Å². The molecule has 0 spiro atoms. The Balaban J connectivity index is 1.45. The van der Waals surface area contributed by atoms with Gasteiger partial charge in [0, 0.05) is 23.7 Å². The van der Waals surface area contributed by atoms with Crippen molar-refractivity contribution in [2.75, 3.05) is 0 Å². The van der Waals surface area contributed by atoms with Crippen molar-refractivity contribution in [2.24, 2.45) is 0 Å². The van der Waals surface area contributed by atoms with Crippen LogP contribution in [0.15, 0.2) is 72.8 Å². The third-order valence-corrected chi connectivity index (χ3v) is 5.66. The Morgan fingerprint density at radius 2 is 1.44 bits per heavy atom. The highest BCUT2D eigenvalue weighted by atomic mass is 16.4. The molecule has 6 nitrogen and oxygen atoms in total. The van der Waals surface area contributed by atoms with Gasteiger partial charge in [-0.1, -0.05) is 54.1 Å². The van der Waals surface area contributed by atoms with Crippen LogP contribution in [0.1, 0.15) is 55.8 Å². The standard InChI is InChI=1S/C28H26N2O4/c1-18-2-8-21(9-3-18)25(27(32)30-24-14-15-24)16-19-4-10-22(11-5-19)26(31)29-17-20-6-12-23(13-7-20)28(33)34/h2-13,16,24H,14-15,17H2,1H3,(H,29,31)(H,30,32)(H,33,34)/b25-16+. The van der Waals surface area contributed by atoms with E-state index < -0.39 is 5.97 Å². The Morgan fingerprint density at radius 1 is 0.853 bits per heavy atom. The molecule has 1 fully saturated rings. The van der Waals surface area contributed by atoms with Crippen LogP contribution in [0, 0.1) is 6.92 Å². The van der Waals surface area contributed by atoms with Gasteiger partial charge in [-0.05, 0) is 66.8 Å². The molecule has 3 aromatic carbocycles. The smallest absolute Gasteiger partial charge is 0.335 e. The number of carboxylic acids is 1. The summed E-state index contributed by atoms with van der Waals surface area (Å²) < 4.78 is 0. The lowest BCUT2D eigenvalue weighted by molar-refractivity contribution is -0.115. The van der Waals surface area contributed by atoms with Crippen molar-refractivity contribution in [3.63, 3.8) is 0 Å². The first-order valence-electron chi connectivity index (χ1n) is 11.2. The number of carboxylic acid groups (broad SMARTS) is 1. The van der Waals surface area contributed by atoms with Gasteiger partial charge in [0.25, 0.3) is 11.8 Å². The van der Waals surface area contributed by atoms with Crippen LogP contribution in [0.25, 0.3) is 11.6 Å². The van der Waals surface area contributed by atoms with E-state index in [1.165, 1.54) is 12.1 Å². The van der Waals surface area contributed by atoms with E-state index in [4.69, 9.17) is 5.11 Å². The van der Waals surface area contributed by atoms with Gasteiger partial charge in [0.2, 0.25) is 0 Å². The van der Waals surface area contributed by atoms with E-state index in [2.05, 4.69) is 10.6 Å². The number of hydrogen-bond acceptors (Lipinski definition) is 3. The van der Waals surface area contributed by atoms with E-state index in [0.717, 1.165) is 35.1 Å². The van der Waals surface area contributed by atoms with Crippen LogP contribution >= 0.6 is 0 Å². The quantitative estimate of drug-likeness (QED) is 0.346. The van der Waals surface area contributed by atoms with Gasteiger partial charge in [-0.2, -0.15) is 0 Å². The summed E-state index contributed by atoms with van der Waals surface area (Å²) in [6.45, 7) is 2.30. The van der Waals surface area contributed by atoms with E-state index in [1.807, 2.05) is 49.4 Å². The predicted molar refractivity (Wildman–Crippen MR) is 131 cm³/mol. The zero-order chi connectivity index (χ0) is 24.1. The third kappa shape index (κ3) is 5.98. The molecule has 3 aromatic rings. The summed E-state index contributed by atoms with van der Waals surface area (Å²) in [5, 5.41) is 14.9. The first-order chi connectivity index (χ1) is 16.4. The molecular formula is C28H26N2O4. The highest BCUT2D eigenvalue weighted by Crippen LogP contribution is 2.24. The first kappa shape index (κ1) is 23.0. The molecule has 172 valence electrons. The highest BCUT2D eigenvalue weighted by molar-refractivity contribution is 6.24. The lowest BCUT2D eigenvalue weighted by Crippen LogP contribution is -2.26. The molecule has 1 saturated carbocycles. The molecule has 0 bridgehead atoms. The van der Waals surface area contributed by atoms with Gasteiger partial charge in [-0.3, -0.25) is 9.59 Å². The fraction of sp³-hybridized carbons (Fsp3) is 0.179. The zero-order valence-corrected chi connectivity index (χ0v) is 18.9. The number of rotatable bonds is 8. The maximum atomic E-state index is 12.9. The molecule has 3 N–H and O–H groups in total. The molecule has 1 aliphatic carbocycles. The molecular weight excluding hydrogens is 428 g/mol. The Morgan fingerprint density at radius 3 is 2.03 bits per heavy atom. The monoisotopic (exact) mass is 454 g/mol. The van der Waals surface area contributed by atoms with Crippen LogP contribution in [-0.2, 0) is 11.3 Å². The van der Waals surface area contributed by atoms with Gasteiger partial charge in [0.15, 0.2) is 0 Å². The van der Waals surface area contributed by atoms with E-state index in [1.54, 1.807) is 24.3 Å². The summed E-state index contributed by atoms with van der Waals surface area (Å²) in [6.07, 6.45) is 3.87. The predicted octanol–water partition coefficient (Wildman–Crippen LogP) is 4.44. The molecule has 4 rings (SSSR count). The number of aryl methyl sites for hydroxylation is 1. The van der Waals surface area contributed by atoms with Gasteiger partial charge in [-0.25, -0.2) is 4.79 Å². The number of carbonyl (C=O) groups excluding carboxylic acids is 2. The van der Waals surface area contributed by atoms with Crippen molar-refractivity contribution in [3.8, 4) is 0 Å². The second kappa shape index (κ2) is 10.2. The normalized spacial score (nSPS) is 13.3. The molecule has 6 heteroatoms. The van der Waals surface area contributed by atoms with Crippen molar-refractivity contribution in [2.45, 2.75) is 32.4 Å². The fourth-order valence-electron chi connectivity index (χ4n) is 3.45. The molecule has 0 heterocycles. The Bertz CT molecular complexity index is 1220. The Hall–Kier alpha value is -4.19. The van der Waals surface area contributed by atoms with Crippen molar-refractivity contribution in [3.05, 3.63) is 106 Å². The minimum atomic E-state index is -0.986. The van der Waals surface area contributed by atoms with Gasteiger partial charge in [-0.15, -0.1) is 0 Å².